The summed E-state index contributed by atoms with van der Waals surface area (Å²) in [4.78, 5) is 0. The third kappa shape index (κ3) is 1.99. The van der Waals surface area contributed by atoms with Gasteiger partial charge in [-0.05, 0) is 20.0 Å². The Morgan fingerprint density at radius 2 is 2.26 bits per heavy atom. The molecule has 4 heteroatoms. The smallest absolute Gasteiger partial charge is 0.139 e. The standard InChI is InChI=1S/C15H21NO3/c1-10-15(6-7-18-10)9-13(16-2)12-5-4-11(17-3)8-14(12)19-15/h4-5,8,10,13,16H,6-7,9H2,1-3H3. The van der Waals surface area contributed by atoms with E-state index in [9.17, 15) is 0 Å². The third-order valence-electron chi connectivity index (χ3n) is 4.44. The molecule has 2 aliphatic rings. The van der Waals surface area contributed by atoms with Crippen molar-refractivity contribution in [2.24, 2.45) is 0 Å². The first-order chi connectivity index (χ1) is 9.18. The summed E-state index contributed by atoms with van der Waals surface area (Å²) in [7, 11) is 3.68. The Kier molecular flexibility index (Phi) is 3.15. The summed E-state index contributed by atoms with van der Waals surface area (Å²) in [6.45, 7) is 2.88. The van der Waals surface area contributed by atoms with E-state index in [1.165, 1.54) is 5.56 Å². The Bertz CT molecular complexity index is 476. The summed E-state index contributed by atoms with van der Waals surface area (Å²) < 4.78 is 17.3. The van der Waals surface area contributed by atoms with Gasteiger partial charge in [-0.3, -0.25) is 0 Å². The van der Waals surface area contributed by atoms with Crippen LogP contribution in [0.2, 0.25) is 0 Å². The van der Waals surface area contributed by atoms with Crippen LogP contribution in [0, 0.1) is 0 Å². The number of rotatable bonds is 2. The molecule has 4 nitrogen and oxygen atoms in total. The first-order valence-electron chi connectivity index (χ1n) is 6.84. The number of hydrogen-bond donors (Lipinski definition) is 1. The largest absolute Gasteiger partial charge is 0.497 e. The molecular weight excluding hydrogens is 242 g/mol. The molecular formula is C15H21NO3. The molecule has 1 saturated heterocycles. The second-order valence-corrected chi connectivity index (χ2v) is 5.38. The van der Waals surface area contributed by atoms with Crippen molar-refractivity contribution in [3.05, 3.63) is 23.8 Å². The van der Waals surface area contributed by atoms with Gasteiger partial charge in [0, 0.05) is 30.5 Å². The third-order valence-corrected chi connectivity index (χ3v) is 4.44. The average Bonchev–Trinajstić information content (AvgIpc) is 2.77. The lowest BCUT2D eigenvalue weighted by molar-refractivity contribution is -0.0302. The van der Waals surface area contributed by atoms with E-state index in [4.69, 9.17) is 14.2 Å². The predicted molar refractivity (Wildman–Crippen MR) is 72.8 cm³/mol. The van der Waals surface area contributed by atoms with Crippen LogP contribution in [0.4, 0.5) is 0 Å². The van der Waals surface area contributed by atoms with Gasteiger partial charge in [0.15, 0.2) is 0 Å². The molecule has 0 aliphatic carbocycles. The molecule has 3 unspecified atom stereocenters. The van der Waals surface area contributed by atoms with Crippen LogP contribution >= 0.6 is 0 Å². The fraction of sp³-hybridized carbons (Fsp3) is 0.600. The zero-order valence-electron chi connectivity index (χ0n) is 11.7. The molecule has 2 heterocycles. The minimum atomic E-state index is -0.201. The fourth-order valence-electron chi connectivity index (χ4n) is 3.16. The molecule has 3 atom stereocenters. The quantitative estimate of drug-likeness (QED) is 0.888. The van der Waals surface area contributed by atoms with Gasteiger partial charge in [0.1, 0.15) is 17.1 Å². The van der Waals surface area contributed by atoms with Crippen LogP contribution in [-0.4, -0.2) is 32.5 Å². The molecule has 1 fully saturated rings. The molecule has 1 aromatic rings. The zero-order valence-corrected chi connectivity index (χ0v) is 11.7. The summed E-state index contributed by atoms with van der Waals surface area (Å²) in [5.41, 5.74) is 1.00. The van der Waals surface area contributed by atoms with Crippen LogP contribution in [0.15, 0.2) is 18.2 Å². The number of methoxy groups -OCH3 is 1. The first-order valence-corrected chi connectivity index (χ1v) is 6.84. The number of fused-ring (bicyclic) bond motifs is 1. The lowest BCUT2D eigenvalue weighted by Gasteiger charge is -2.41. The van der Waals surface area contributed by atoms with Gasteiger partial charge in [-0.2, -0.15) is 0 Å². The molecule has 0 amide bonds. The lowest BCUT2D eigenvalue weighted by atomic mass is 9.83. The SMILES string of the molecule is CNC1CC2(CCOC2C)Oc2cc(OC)ccc21. The van der Waals surface area contributed by atoms with Crippen LogP contribution in [-0.2, 0) is 4.74 Å². The summed E-state index contributed by atoms with van der Waals surface area (Å²) in [5.74, 6) is 1.75. The average molecular weight is 263 g/mol. The van der Waals surface area contributed by atoms with Crippen LogP contribution in [0.5, 0.6) is 11.5 Å². The van der Waals surface area contributed by atoms with Gasteiger partial charge in [0.25, 0.3) is 0 Å². The molecule has 104 valence electrons. The number of nitrogens with one attached hydrogen (secondary N) is 1. The minimum Gasteiger partial charge on any atom is -0.497 e. The van der Waals surface area contributed by atoms with Crippen molar-refractivity contribution in [2.75, 3.05) is 20.8 Å². The van der Waals surface area contributed by atoms with Gasteiger partial charge in [-0.25, -0.2) is 0 Å². The van der Waals surface area contributed by atoms with Gasteiger partial charge < -0.3 is 19.5 Å². The van der Waals surface area contributed by atoms with Crippen LogP contribution in [0.25, 0.3) is 0 Å². The number of hydrogen-bond acceptors (Lipinski definition) is 4. The van der Waals surface area contributed by atoms with E-state index in [-0.39, 0.29) is 11.7 Å². The Morgan fingerprint density at radius 3 is 2.89 bits per heavy atom. The van der Waals surface area contributed by atoms with E-state index in [2.05, 4.69) is 18.3 Å². The lowest BCUT2D eigenvalue weighted by Crippen LogP contribution is -2.48. The molecule has 0 bridgehead atoms. The zero-order chi connectivity index (χ0) is 13.5. The summed E-state index contributed by atoms with van der Waals surface area (Å²) in [5, 5.41) is 3.39. The van der Waals surface area contributed by atoms with E-state index >= 15 is 0 Å². The maximum Gasteiger partial charge on any atom is 0.139 e. The van der Waals surface area contributed by atoms with Crippen molar-refractivity contribution in [2.45, 2.75) is 37.5 Å². The maximum absolute atomic E-state index is 6.32. The highest BCUT2D eigenvalue weighted by molar-refractivity contribution is 5.45. The Labute approximate surface area is 114 Å². The molecule has 19 heavy (non-hydrogen) atoms. The van der Waals surface area contributed by atoms with Crippen LogP contribution in [0.3, 0.4) is 0 Å². The molecule has 2 aliphatic heterocycles. The van der Waals surface area contributed by atoms with Crippen molar-refractivity contribution in [3.63, 3.8) is 0 Å². The molecule has 0 aromatic heterocycles. The topological polar surface area (TPSA) is 39.7 Å². The Morgan fingerprint density at radius 1 is 1.42 bits per heavy atom. The Hall–Kier alpha value is -1.26. The van der Waals surface area contributed by atoms with Gasteiger partial charge in [-0.15, -0.1) is 0 Å². The van der Waals surface area contributed by atoms with Gasteiger partial charge in [0.2, 0.25) is 0 Å². The predicted octanol–water partition coefficient (Wildman–Crippen LogP) is 2.29. The van der Waals surface area contributed by atoms with Crippen molar-refractivity contribution in [1.29, 1.82) is 0 Å². The van der Waals surface area contributed by atoms with E-state index in [1.54, 1.807) is 7.11 Å². The highest BCUT2D eigenvalue weighted by atomic mass is 16.6. The molecule has 1 N–H and O–H groups in total. The van der Waals surface area contributed by atoms with Crippen molar-refractivity contribution < 1.29 is 14.2 Å². The second-order valence-electron chi connectivity index (χ2n) is 5.38. The highest BCUT2D eigenvalue weighted by Gasteiger charge is 2.48. The van der Waals surface area contributed by atoms with Crippen molar-refractivity contribution in [1.82, 2.24) is 5.32 Å². The molecule has 1 aromatic carbocycles. The van der Waals surface area contributed by atoms with Gasteiger partial charge in [-0.1, -0.05) is 6.07 Å². The fourth-order valence-corrected chi connectivity index (χ4v) is 3.16. The summed E-state index contributed by atoms with van der Waals surface area (Å²) >= 11 is 0. The number of ether oxygens (including phenoxy) is 3. The van der Waals surface area contributed by atoms with Crippen LogP contribution in [0.1, 0.15) is 31.4 Å². The minimum absolute atomic E-state index is 0.128. The van der Waals surface area contributed by atoms with E-state index in [1.807, 2.05) is 19.2 Å². The first kappa shape index (κ1) is 12.8. The Balaban J connectivity index is 2.01. The second kappa shape index (κ2) is 4.69. The van der Waals surface area contributed by atoms with Crippen molar-refractivity contribution in [3.8, 4) is 11.5 Å². The van der Waals surface area contributed by atoms with Crippen LogP contribution < -0.4 is 14.8 Å². The molecule has 1 spiro atoms. The van der Waals surface area contributed by atoms with E-state index < -0.39 is 0 Å². The van der Waals surface area contributed by atoms with E-state index in [0.29, 0.717) is 6.04 Å². The van der Waals surface area contributed by atoms with Gasteiger partial charge >= 0.3 is 0 Å². The van der Waals surface area contributed by atoms with Crippen molar-refractivity contribution >= 4 is 0 Å². The van der Waals surface area contributed by atoms with E-state index in [0.717, 1.165) is 30.9 Å². The summed E-state index contributed by atoms with van der Waals surface area (Å²) in [6.07, 6.45) is 2.02. The normalized spacial score (nSPS) is 33.0. The highest BCUT2D eigenvalue weighted by Crippen LogP contribution is 2.46. The number of benzene rings is 1. The summed E-state index contributed by atoms with van der Waals surface area (Å²) in [6, 6.07) is 6.35. The molecule has 0 saturated carbocycles. The molecule has 0 radical (unpaired) electrons. The molecule has 3 rings (SSSR count). The van der Waals surface area contributed by atoms with Gasteiger partial charge in [0.05, 0.1) is 19.8 Å². The monoisotopic (exact) mass is 263 g/mol. The maximum atomic E-state index is 6.32.